The monoisotopic (exact) mass is 448 g/mol. The van der Waals surface area contributed by atoms with Gasteiger partial charge >= 0.3 is 0 Å². The van der Waals surface area contributed by atoms with E-state index < -0.39 is 10.0 Å². The molecule has 168 valence electrons. The molecule has 9 heteroatoms. The Balaban J connectivity index is 1.91. The van der Waals surface area contributed by atoms with Crippen molar-refractivity contribution in [1.29, 1.82) is 0 Å². The van der Waals surface area contributed by atoms with E-state index in [1.54, 1.807) is 17.0 Å². The predicted molar refractivity (Wildman–Crippen MR) is 118 cm³/mol. The Kier molecular flexibility index (Phi) is 7.27. The number of sulfonamides is 1. The highest BCUT2D eigenvalue weighted by atomic mass is 32.2. The Morgan fingerprint density at radius 2 is 1.45 bits per heavy atom. The summed E-state index contributed by atoms with van der Waals surface area (Å²) in [5, 5.41) is 0. The zero-order valence-corrected chi connectivity index (χ0v) is 18.8. The Morgan fingerprint density at radius 3 is 2.06 bits per heavy atom. The van der Waals surface area contributed by atoms with E-state index in [4.69, 9.17) is 14.2 Å². The van der Waals surface area contributed by atoms with Crippen molar-refractivity contribution in [2.45, 2.75) is 30.6 Å². The fourth-order valence-corrected chi connectivity index (χ4v) is 4.65. The van der Waals surface area contributed by atoms with Crippen LogP contribution in [0.15, 0.2) is 41.3 Å². The van der Waals surface area contributed by atoms with Crippen LogP contribution in [0.3, 0.4) is 0 Å². The van der Waals surface area contributed by atoms with Crippen LogP contribution in [0.1, 0.15) is 36.0 Å². The lowest BCUT2D eigenvalue weighted by molar-refractivity contribution is 0.0758. The van der Waals surface area contributed by atoms with Gasteiger partial charge in [0, 0.05) is 19.2 Å². The van der Waals surface area contributed by atoms with Crippen LogP contribution in [0, 0.1) is 0 Å². The van der Waals surface area contributed by atoms with Crippen LogP contribution in [-0.4, -0.2) is 53.6 Å². The van der Waals surface area contributed by atoms with Crippen LogP contribution >= 0.6 is 0 Å². The molecule has 31 heavy (non-hydrogen) atoms. The minimum absolute atomic E-state index is 0.0266. The first kappa shape index (κ1) is 22.7. The first-order chi connectivity index (χ1) is 14.9. The summed E-state index contributed by atoms with van der Waals surface area (Å²) in [4.78, 5) is 14.9. The minimum Gasteiger partial charge on any atom is -0.496 e. The summed E-state index contributed by atoms with van der Waals surface area (Å²) in [5.74, 6) is 1.01. The summed E-state index contributed by atoms with van der Waals surface area (Å²) in [6.07, 6.45) is 4.05. The number of nitrogens with one attached hydrogen (secondary N) is 1. The van der Waals surface area contributed by atoms with Crippen molar-refractivity contribution in [3.63, 3.8) is 0 Å². The summed E-state index contributed by atoms with van der Waals surface area (Å²) >= 11 is 0. The van der Waals surface area contributed by atoms with Gasteiger partial charge < -0.3 is 19.1 Å². The molecule has 0 unspecified atom stereocenters. The summed E-state index contributed by atoms with van der Waals surface area (Å²) in [5.41, 5.74) is 0.549. The fourth-order valence-electron chi connectivity index (χ4n) is 3.58. The maximum Gasteiger partial charge on any atom is 0.261 e. The lowest BCUT2D eigenvalue weighted by Crippen LogP contribution is -2.32. The molecular formula is C22H28N2O6S. The van der Waals surface area contributed by atoms with Crippen molar-refractivity contribution < 1.29 is 27.4 Å². The highest BCUT2D eigenvalue weighted by molar-refractivity contribution is 7.92. The maximum absolute atomic E-state index is 13.1. The normalized spacial score (nSPS) is 14.5. The van der Waals surface area contributed by atoms with Gasteiger partial charge in [-0.25, -0.2) is 8.42 Å². The number of methoxy groups -OCH3 is 3. The van der Waals surface area contributed by atoms with Gasteiger partial charge in [0.1, 0.15) is 5.75 Å². The lowest BCUT2D eigenvalue weighted by Gasteiger charge is -2.22. The van der Waals surface area contributed by atoms with Crippen molar-refractivity contribution >= 4 is 21.6 Å². The standard InChI is InChI=1S/C22H28N2O6S/c1-28-19-11-9-17(15-18(19)22(25)24-12-6-4-5-7-13-24)31(26,27)23-16-8-10-20(29-2)21(14-16)30-3/h8-11,14-15,23H,4-7,12-13H2,1-3H3. The molecule has 1 amide bonds. The number of carbonyl (C=O) groups is 1. The second-order valence-electron chi connectivity index (χ2n) is 7.24. The van der Waals surface area contributed by atoms with Gasteiger partial charge in [-0.15, -0.1) is 0 Å². The molecule has 0 aromatic heterocycles. The summed E-state index contributed by atoms with van der Waals surface area (Å²) < 4.78 is 44.3. The van der Waals surface area contributed by atoms with E-state index in [2.05, 4.69) is 4.72 Å². The molecule has 0 saturated carbocycles. The number of rotatable bonds is 7. The molecule has 1 saturated heterocycles. The minimum atomic E-state index is -3.95. The number of ether oxygens (including phenoxy) is 3. The number of benzene rings is 2. The number of carbonyl (C=O) groups excluding carboxylic acids is 1. The van der Waals surface area contributed by atoms with Gasteiger partial charge in [-0.2, -0.15) is 0 Å². The van der Waals surface area contributed by atoms with Crippen molar-refractivity contribution in [3.8, 4) is 17.2 Å². The van der Waals surface area contributed by atoms with Gasteiger partial charge in [0.05, 0.1) is 37.5 Å². The topological polar surface area (TPSA) is 94.2 Å². The highest BCUT2D eigenvalue weighted by Gasteiger charge is 2.24. The number of hydrogen-bond acceptors (Lipinski definition) is 6. The van der Waals surface area contributed by atoms with E-state index in [9.17, 15) is 13.2 Å². The first-order valence-electron chi connectivity index (χ1n) is 10.1. The first-order valence-corrected chi connectivity index (χ1v) is 11.6. The number of hydrogen-bond donors (Lipinski definition) is 1. The molecule has 2 aromatic carbocycles. The molecule has 1 fully saturated rings. The molecular weight excluding hydrogens is 420 g/mol. The maximum atomic E-state index is 13.1. The Morgan fingerprint density at radius 1 is 0.839 bits per heavy atom. The van der Waals surface area contributed by atoms with Gasteiger partial charge in [-0.3, -0.25) is 9.52 Å². The average Bonchev–Trinajstić information content (AvgIpc) is 3.07. The summed E-state index contributed by atoms with van der Waals surface area (Å²) in [6.45, 7) is 1.31. The van der Waals surface area contributed by atoms with E-state index in [1.807, 2.05) is 0 Å². The second-order valence-corrected chi connectivity index (χ2v) is 8.93. The zero-order valence-electron chi connectivity index (χ0n) is 18.0. The number of nitrogens with zero attached hydrogens (tertiary/aromatic N) is 1. The van der Waals surface area contributed by atoms with Crippen molar-refractivity contribution in [3.05, 3.63) is 42.0 Å². The van der Waals surface area contributed by atoms with Crippen molar-refractivity contribution in [2.75, 3.05) is 39.1 Å². The molecule has 0 spiro atoms. The molecule has 3 rings (SSSR count). The lowest BCUT2D eigenvalue weighted by atomic mass is 10.1. The number of likely N-dealkylation sites (tertiary alicyclic amines) is 1. The molecule has 0 aliphatic carbocycles. The van der Waals surface area contributed by atoms with Gasteiger partial charge in [0.15, 0.2) is 11.5 Å². The molecule has 1 aliphatic heterocycles. The largest absolute Gasteiger partial charge is 0.496 e. The smallest absolute Gasteiger partial charge is 0.261 e. The predicted octanol–water partition coefficient (Wildman–Crippen LogP) is 3.53. The third-order valence-electron chi connectivity index (χ3n) is 5.24. The SMILES string of the molecule is COc1ccc(NS(=O)(=O)c2ccc(OC)c(C(=O)N3CCCCCC3)c2)cc1OC. The highest BCUT2D eigenvalue weighted by Crippen LogP contribution is 2.31. The van der Waals surface area contributed by atoms with E-state index in [0.29, 0.717) is 36.0 Å². The van der Waals surface area contributed by atoms with Crippen LogP contribution in [0.4, 0.5) is 5.69 Å². The van der Waals surface area contributed by atoms with Crippen LogP contribution in [-0.2, 0) is 10.0 Å². The van der Waals surface area contributed by atoms with Gasteiger partial charge in [-0.05, 0) is 43.2 Å². The molecule has 1 heterocycles. The quantitative estimate of drug-likeness (QED) is 0.696. The summed E-state index contributed by atoms with van der Waals surface area (Å²) in [7, 11) is 0.488. The zero-order chi connectivity index (χ0) is 22.4. The second kappa shape index (κ2) is 9.91. The van der Waals surface area contributed by atoms with Gasteiger partial charge in [0.25, 0.3) is 15.9 Å². The number of amides is 1. The molecule has 1 aliphatic rings. The van der Waals surface area contributed by atoms with Crippen LogP contribution in [0.2, 0.25) is 0 Å². The average molecular weight is 449 g/mol. The fraction of sp³-hybridized carbons (Fsp3) is 0.409. The summed E-state index contributed by atoms with van der Waals surface area (Å²) in [6, 6.07) is 9.01. The van der Waals surface area contributed by atoms with Crippen molar-refractivity contribution in [1.82, 2.24) is 4.90 Å². The van der Waals surface area contributed by atoms with Gasteiger partial charge in [0.2, 0.25) is 0 Å². The van der Waals surface area contributed by atoms with E-state index in [1.165, 1.54) is 45.6 Å². The van der Waals surface area contributed by atoms with Crippen LogP contribution < -0.4 is 18.9 Å². The molecule has 8 nitrogen and oxygen atoms in total. The van der Waals surface area contributed by atoms with E-state index >= 15 is 0 Å². The molecule has 0 bridgehead atoms. The van der Waals surface area contributed by atoms with Gasteiger partial charge in [-0.1, -0.05) is 12.8 Å². The third kappa shape index (κ3) is 5.22. The Bertz CT molecular complexity index is 1030. The number of anilines is 1. The van der Waals surface area contributed by atoms with E-state index in [-0.39, 0.29) is 16.4 Å². The third-order valence-corrected chi connectivity index (χ3v) is 6.62. The molecule has 0 radical (unpaired) electrons. The molecule has 2 aromatic rings. The Labute approximate surface area is 183 Å². The Hall–Kier alpha value is -2.94. The van der Waals surface area contributed by atoms with Crippen LogP contribution in [0.5, 0.6) is 17.2 Å². The van der Waals surface area contributed by atoms with Crippen LogP contribution in [0.25, 0.3) is 0 Å². The molecule has 0 atom stereocenters. The van der Waals surface area contributed by atoms with Crippen molar-refractivity contribution in [2.24, 2.45) is 0 Å². The molecule has 1 N–H and O–H groups in total. The van der Waals surface area contributed by atoms with E-state index in [0.717, 1.165) is 25.7 Å².